The fraction of sp³-hybridized carbons (Fsp3) is 0.250. The standard InChI is InChI=1S/C20H18O6/c1-2-15-16(25-18(21)13-9-5-3-6-10-13)17(20(23)24-15)26-19(22)14-11-7-4-8-12-14/h3-12,15-17H,2H2,1H3/t15-,16-,17?/m1/s1. The molecule has 1 unspecified atom stereocenters. The number of hydrogen-bond donors (Lipinski definition) is 0. The van der Waals surface area contributed by atoms with Gasteiger partial charge in [-0.2, -0.15) is 0 Å². The van der Waals surface area contributed by atoms with Crippen LogP contribution in [-0.4, -0.2) is 36.2 Å². The zero-order valence-corrected chi connectivity index (χ0v) is 14.2. The molecule has 1 aliphatic rings. The van der Waals surface area contributed by atoms with E-state index in [2.05, 4.69) is 0 Å². The van der Waals surface area contributed by atoms with E-state index < -0.39 is 36.2 Å². The van der Waals surface area contributed by atoms with Crippen molar-refractivity contribution in [3.63, 3.8) is 0 Å². The van der Waals surface area contributed by atoms with E-state index in [0.29, 0.717) is 17.5 Å². The van der Waals surface area contributed by atoms with Crippen LogP contribution in [0.2, 0.25) is 0 Å². The Morgan fingerprint density at radius 2 is 1.38 bits per heavy atom. The highest BCUT2D eigenvalue weighted by Crippen LogP contribution is 2.26. The lowest BCUT2D eigenvalue weighted by Crippen LogP contribution is -2.39. The average molecular weight is 354 g/mol. The third-order valence-electron chi connectivity index (χ3n) is 4.06. The molecule has 1 aliphatic heterocycles. The molecule has 1 heterocycles. The van der Waals surface area contributed by atoms with Crippen molar-refractivity contribution in [2.24, 2.45) is 0 Å². The van der Waals surface area contributed by atoms with Crippen LogP contribution < -0.4 is 0 Å². The normalized spacial score (nSPS) is 21.7. The highest BCUT2D eigenvalue weighted by Gasteiger charge is 2.49. The Labute approximate surface area is 150 Å². The van der Waals surface area contributed by atoms with Gasteiger partial charge in [0.15, 0.2) is 6.10 Å². The molecule has 1 saturated heterocycles. The quantitative estimate of drug-likeness (QED) is 0.607. The van der Waals surface area contributed by atoms with Gasteiger partial charge in [-0.25, -0.2) is 14.4 Å². The number of benzene rings is 2. The fourth-order valence-corrected chi connectivity index (χ4v) is 2.70. The van der Waals surface area contributed by atoms with Crippen molar-refractivity contribution in [1.82, 2.24) is 0 Å². The van der Waals surface area contributed by atoms with Crippen molar-refractivity contribution in [3.05, 3.63) is 71.8 Å². The van der Waals surface area contributed by atoms with Gasteiger partial charge in [0.05, 0.1) is 11.1 Å². The number of cyclic esters (lactones) is 1. The molecule has 0 amide bonds. The van der Waals surface area contributed by atoms with Gasteiger partial charge in [0.25, 0.3) is 0 Å². The molecule has 3 atom stereocenters. The fourth-order valence-electron chi connectivity index (χ4n) is 2.70. The summed E-state index contributed by atoms with van der Waals surface area (Å²) in [5, 5.41) is 0. The van der Waals surface area contributed by atoms with Crippen LogP contribution in [0.4, 0.5) is 0 Å². The van der Waals surface area contributed by atoms with E-state index in [1.54, 1.807) is 67.6 Å². The predicted molar refractivity (Wildman–Crippen MR) is 91.5 cm³/mol. The maximum atomic E-state index is 12.3. The van der Waals surface area contributed by atoms with Gasteiger partial charge >= 0.3 is 17.9 Å². The molecular weight excluding hydrogens is 336 g/mol. The Balaban J connectivity index is 1.77. The van der Waals surface area contributed by atoms with Crippen LogP contribution in [-0.2, 0) is 19.0 Å². The maximum absolute atomic E-state index is 12.3. The smallest absolute Gasteiger partial charge is 0.352 e. The first-order chi connectivity index (χ1) is 12.6. The summed E-state index contributed by atoms with van der Waals surface area (Å²) >= 11 is 0. The largest absolute Gasteiger partial charge is 0.455 e. The summed E-state index contributed by atoms with van der Waals surface area (Å²) in [6.45, 7) is 1.79. The average Bonchev–Trinajstić information content (AvgIpc) is 2.98. The minimum absolute atomic E-state index is 0.299. The van der Waals surface area contributed by atoms with Crippen molar-refractivity contribution in [1.29, 1.82) is 0 Å². The third kappa shape index (κ3) is 3.74. The SMILES string of the molecule is CC[C@H]1OC(=O)C(OC(=O)c2ccccc2)[C@@H]1OC(=O)c1ccccc1. The molecule has 6 heteroatoms. The van der Waals surface area contributed by atoms with Crippen molar-refractivity contribution < 1.29 is 28.6 Å². The summed E-state index contributed by atoms with van der Waals surface area (Å²) in [5.41, 5.74) is 0.642. The van der Waals surface area contributed by atoms with Crippen LogP contribution in [0.25, 0.3) is 0 Å². The number of ether oxygens (including phenoxy) is 3. The van der Waals surface area contributed by atoms with Gasteiger partial charge in [-0.1, -0.05) is 43.3 Å². The van der Waals surface area contributed by atoms with Crippen molar-refractivity contribution in [3.8, 4) is 0 Å². The second-order valence-corrected chi connectivity index (χ2v) is 5.81. The molecule has 3 rings (SSSR count). The van der Waals surface area contributed by atoms with Crippen molar-refractivity contribution in [2.45, 2.75) is 31.7 Å². The van der Waals surface area contributed by atoms with Gasteiger partial charge in [-0.05, 0) is 30.7 Å². The zero-order valence-electron chi connectivity index (χ0n) is 14.2. The lowest BCUT2D eigenvalue weighted by atomic mass is 10.1. The van der Waals surface area contributed by atoms with E-state index in [9.17, 15) is 14.4 Å². The molecular formula is C20H18O6. The molecule has 2 aromatic rings. The molecule has 0 aliphatic carbocycles. The van der Waals surface area contributed by atoms with E-state index in [0.717, 1.165) is 0 Å². The summed E-state index contributed by atoms with van der Waals surface area (Å²) in [7, 11) is 0. The van der Waals surface area contributed by atoms with E-state index in [4.69, 9.17) is 14.2 Å². The molecule has 6 nitrogen and oxygen atoms in total. The summed E-state index contributed by atoms with van der Waals surface area (Å²) in [4.78, 5) is 36.8. The van der Waals surface area contributed by atoms with Gasteiger partial charge in [-0.3, -0.25) is 0 Å². The van der Waals surface area contributed by atoms with Crippen LogP contribution in [0.3, 0.4) is 0 Å². The molecule has 2 aromatic carbocycles. The first kappa shape index (κ1) is 17.7. The number of carbonyl (C=O) groups is 3. The first-order valence-electron chi connectivity index (χ1n) is 8.32. The lowest BCUT2D eigenvalue weighted by Gasteiger charge is -2.20. The Morgan fingerprint density at radius 3 is 1.88 bits per heavy atom. The van der Waals surface area contributed by atoms with Crippen LogP contribution in [0.1, 0.15) is 34.1 Å². The topological polar surface area (TPSA) is 78.9 Å². The molecule has 0 bridgehead atoms. The molecule has 134 valence electrons. The number of rotatable bonds is 5. The van der Waals surface area contributed by atoms with Gasteiger partial charge in [-0.15, -0.1) is 0 Å². The number of hydrogen-bond acceptors (Lipinski definition) is 6. The van der Waals surface area contributed by atoms with Gasteiger partial charge in [0.1, 0.15) is 6.10 Å². The minimum Gasteiger partial charge on any atom is -0.455 e. The van der Waals surface area contributed by atoms with Gasteiger partial charge < -0.3 is 14.2 Å². The second kappa shape index (κ2) is 7.82. The van der Waals surface area contributed by atoms with Gasteiger partial charge in [0.2, 0.25) is 6.10 Å². The molecule has 0 aromatic heterocycles. The van der Waals surface area contributed by atoms with Crippen LogP contribution >= 0.6 is 0 Å². The molecule has 1 fully saturated rings. The Kier molecular flexibility index (Phi) is 5.31. The maximum Gasteiger partial charge on any atom is 0.352 e. The summed E-state index contributed by atoms with van der Waals surface area (Å²) in [6.07, 6.45) is -2.52. The van der Waals surface area contributed by atoms with Crippen molar-refractivity contribution in [2.75, 3.05) is 0 Å². The first-order valence-corrected chi connectivity index (χ1v) is 8.32. The molecule has 0 spiro atoms. The Bertz CT molecular complexity index is 786. The number of carbonyl (C=O) groups excluding carboxylic acids is 3. The van der Waals surface area contributed by atoms with E-state index in [1.807, 2.05) is 0 Å². The molecule has 0 radical (unpaired) electrons. The second-order valence-electron chi connectivity index (χ2n) is 5.81. The summed E-state index contributed by atoms with van der Waals surface area (Å²) in [6, 6.07) is 16.7. The lowest BCUT2D eigenvalue weighted by molar-refractivity contribution is -0.147. The monoisotopic (exact) mass is 354 g/mol. The van der Waals surface area contributed by atoms with Crippen LogP contribution in [0.5, 0.6) is 0 Å². The summed E-state index contributed by atoms with van der Waals surface area (Å²) in [5.74, 6) is -2.00. The summed E-state index contributed by atoms with van der Waals surface area (Å²) < 4.78 is 16.0. The highest BCUT2D eigenvalue weighted by atomic mass is 16.7. The van der Waals surface area contributed by atoms with E-state index in [-0.39, 0.29) is 0 Å². The van der Waals surface area contributed by atoms with Gasteiger partial charge in [0, 0.05) is 0 Å². The Morgan fingerprint density at radius 1 is 0.885 bits per heavy atom. The van der Waals surface area contributed by atoms with Crippen LogP contribution in [0.15, 0.2) is 60.7 Å². The van der Waals surface area contributed by atoms with E-state index in [1.165, 1.54) is 0 Å². The van der Waals surface area contributed by atoms with Crippen molar-refractivity contribution >= 4 is 17.9 Å². The molecule has 0 N–H and O–H groups in total. The molecule has 26 heavy (non-hydrogen) atoms. The zero-order chi connectivity index (χ0) is 18.5. The number of esters is 3. The van der Waals surface area contributed by atoms with Crippen LogP contribution in [0, 0.1) is 0 Å². The highest BCUT2D eigenvalue weighted by molar-refractivity contribution is 5.93. The third-order valence-corrected chi connectivity index (χ3v) is 4.06. The van der Waals surface area contributed by atoms with E-state index >= 15 is 0 Å². The predicted octanol–water partition coefficient (Wildman–Crippen LogP) is 2.77. The minimum atomic E-state index is -1.29. The molecule has 0 saturated carbocycles. The Hall–Kier alpha value is -3.15.